The van der Waals surface area contributed by atoms with E-state index in [1.165, 1.54) is 17.7 Å². The Labute approximate surface area is 225 Å². The molecule has 1 saturated carbocycles. The molecule has 0 aliphatic heterocycles. The molecule has 2 N–H and O–H groups in total. The van der Waals surface area contributed by atoms with Gasteiger partial charge in [-0.15, -0.1) is 11.3 Å². The summed E-state index contributed by atoms with van der Waals surface area (Å²) in [6, 6.07) is 1.80. The van der Waals surface area contributed by atoms with Gasteiger partial charge in [0.25, 0.3) is 0 Å². The Bertz CT molecular complexity index is 1010. The minimum absolute atomic E-state index is 0.0277. The lowest BCUT2D eigenvalue weighted by Crippen LogP contribution is -2.51. The third-order valence-electron chi connectivity index (χ3n) is 7.51. The maximum absolute atomic E-state index is 13.3. The number of ketones is 1. The average Bonchev–Trinajstić information content (AvgIpc) is 3.39. The van der Waals surface area contributed by atoms with E-state index >= 15 is 0 Å². The molecular weight excluding hydrogens is 514 g/mol. The summed E-state index contributed by atoms with van der Waals surface area (Å²) in [6.45, 7) is 14.1. The van der Waals surface area contributed by atoms with Gasteiger partial charge in [0.15, 0.2) is 0 Å². The van der Waals surface area contributed by atoms with Crippen LogP contribution < -0.4 is 5.32 Å². The number of nitrogens with one attached hydrogen (secondary N) is 1. The summed E-state index contributed by atoms with van der Waals surface area (Å²) in [7, 11) is -0.501. The third-order valence-corrected chi connectivity index (χ3v) is 15.1. The molecule has 10 heteroatoms. The second kappa shape index (κ2) is 12.5. The van der Waals surface area contributed by atoms with Crippen molar-refractivity contribution in [3.8, 4) is 0 Å². The number of hydrogen-bond donors (Lipinski definition) is 2. The van der Waals surface area contributed by atoms with Crippen molar-refractivity contribution in [1.82, 2.24) is 9.97 Å². The first-order valence-corrected chi connectivity index (χ1v) is 16.1. The Morgan fingerprint density at radius 2 is 1.89 bits per heavy atom. The summed E-state index contributed by atoms with van der Waals surface area (Å²) in [5.41, 5.74) is 2.59. The fourth-order valence-corrected chi connectivity index (χ4v) is 12.8. The minimum Gasteiger partial charge on any atom is -0.413 e. The van der Waals surface area contributed by atoms with Gasteiger partial charge in [-0.05, 0) is 35.5 Å². The number of carbonyl (C=O) groups excluding carboxylic acids is 1. The molecule has 36 heavy (non-hydrogen) atoms. The fourth-order valence-electron chi connectivity index (χ4n) is 5.92. The monoisotopic (exact) mass is 553 g/mol. The van der Waals surface area contributed by atoms with Gasteiger partial charge in [0.2, 0.25) is 14.1 Å². The van der Waals surface area contributed by atoms with E-state index in [0.717, 1.165) is 18.4 Å². The summed E-state index contributed by atoms with van der Waals surface area (Å²) in [5.74, 6) is 0.359. The highest BCUT2D eigenvalue weighted by atomic mass is 35.5. The van der Waals surface area contributed by atoms with E-state index in [4.69, 9.17) is 20.8 Å². The Morgan fingerprint density at radius 3 is 2.47 bits per heavy atom. The molecule has 7 nitrogen and oxygen atoms in total. The number of aliphatic hydroxyl groups excluding tert-OH is 1. The maximum Gasteiger partial charge on any atom is 0.208 e. The molecule has 0 amide bonds. The van der Waals surface area contributed by atoms with Gasteiger partial charge < -0.3 is 19.6 Å². The number of aliphatic hydroxyl groups is 1. The quantitative estimate of drug-likeness (QED) is 0.235. The molecule has 3 atom stereocenters. The molecule has 1 aliphatic rings. The molecule has 0 unspecified atom stereocenters. The van der Waals surface area contributed by atoms with E-state index < -0.39 is 8.32 Å². The number of rotatable bonds is 12. The predicted octanol–water partition coefficient (Wildman–Crippen LogP) is 6.31. The number of ether oxygens (including phenoxy) is 1. The molecule has 3 rings (SSSR count). The summed E-state index contributed by atoms with van der Waals surface area (Å²) in [6.07, 6.45) is 4.46. The molecule has 2 heterocycles. The SMILES string of the molecule is COCc1cc(C(=O)c2cncnc2N[C@@H]2C[C@H](CO)[C@@H](O[Si](C(C)C)(C(C)C)C(C)C)C2)sc1Cl. The lowest BCUT2D eigenvalue weighted by atomic mass is 10.1. The summed E-state index contributed by atoms with van der Waals surface area (Å²) < 4.78 is 12.8. The van der Waals surface area contributed by atoms with Gasteiger partial charge >= 0.3 is 0 Å². The summed E-state index contributed by atoms with van der Waals surface area (Å²) in [4.78, 5) is 22.4. The standard InChI is InChI=1S/C26H40ClN3O4SSi/c1-15(2)36(16(3)4,17(5)6)34-22-10-20(8-18(22)12-31)30-26-21(11-28-14-29-26)24(32)23-9-19(13-33-7)25(27)35-23/h9,11,14-18,20,22,31H,8,10,12-13H2,1-7H3,(H,28,29,30)/t18-,20-,22+/m1/s1. The van der Waals surface area contributed by atoms with Crippen LogP contribution in [0.1, 0.15) is 75.2 Å². The van der Waals surface area contributed by atoms with Crippen molar-refractivity contribution in [3.05, 3.63) is 38.9 Å². The summed E-state index contributed by atoms with van der Waals surface area (Å²) in [5, 5.41) is 13.7. The van der Waals surface area contributed by atoms with E-state index in [-0.39, 0.29) is 30.5 Å². The van der Waals surface area contributed by atoms with Crippen molar-refractivity contribution in [1.29, 1.82) is 0 Å². The molecule has 2 aromatic heterocycles. The van der Waals surface area contributed by atoms with Gasteiger partial charge in [-0.25, -0.2) is 9.97 Å². The van der Waals surface area contributed by atoms with E-state index in [1.54, 1.807) is 19.4 Å². The number of anilines is 1. The van der Waals surface area contributed by atoms with Crippen LogP contribution in [0.15, 0.2) is 18.6 Å². The second-order valence-electron chi connectivity index (χ2n) is 10.7. The zero-order valence-corrected chi connectivity index (χ0v) is 24.9. The van der Waals surface area contributed by atoms with Crippen LogP contribution in [-0.2, 0) is 15.8 Å². The maximum atomic E-state index is 13.3. The number of carbonyl (C=O) groups is 1. The number of hydrogen-bond acceptors (Lipinski definition) is 8. The number of nitrogens with zero attached hydrogens (tertiary/aromatic N) is 2. The van der Waals surface area contributed by atoms with Crippen molar-refractivity contribution < 1.29 is 19.1 Å². The highest BCUT2D eigenvalue weighted by molar-refractivity contribution is 7.18. The topological polar surface area (TPSA) is 93.6 Å². The Kier molecular flexibility index (Phi) is 10.1. The number of aromatic nitrogens is 2. The Hall–Kier alpha value is -1.36. The third kappa shape index (κ3) is 6.02. The number of thiophene rings is 1. The predicted molar refractivity (Wildman–Crippen MR) is 149 cm³/mol. The molecule has 0 radical (unpaired) electrons. The Balaban J connectivity index is 1.81. The first-order valence-electron chi connectivity index (χ1n) is 12.7. The van der Waals surface area contributed by atoms with E-state index in [2.05, 4.69) is 56.8 Å². The van der Waals surface area contributed by atoms with Gasteiger partial charge in [0.1, 0.15) is 12.1 Å². The lowest BCUT2D eigenvalue weighted by molar-refractivity contribution is 0.0941. The van der Waals surface area contributed by atoms with Gasteiger partial charge in [-0.1, -0.05) is 53.1 Å². The highest BCUT2D eigenvalue weighted by Crippen LogP contribution is 2.46. The molecule has 200 valence electrons. The molecule has 0 saturated heterocycles. The van der Waals surface area contributed by atoms with Gasteiger partial charge in [0.05, 0.1) is 27.5 Å². The molecule has 1 fully saturated rings. The first kappa shape index (κ1) is 29.2. The highest BCUT2D eigenvalue weighted by Gasteiger charge is 2.49. The van der Waals surface area contributed by atoms with Crippen molar-refractivity contribution in [2.24, 2.45) is 5.92 Å². The van der Waals surface area contributed by atoms with Gasteiger partial charge in [-0.2, -0.15) is 0 Å². The van der Waals surface area contributed by atoms with Crippen LogP contribution in [-0.4, -0.2) is 55.0 Å². The van der Waals surface area contributed by atoms with Crippen molar-refractivity contribution in [2.45, 2.75) is 89.8 Å². The van der Waals surface area contributed by atoms with E-state index in [0.29, 0.717) is 43.8 Å². The smallest absolute Gasteiger partial charge is 0.208 e. The molecule has 2 aromatic rings. The molecule has 0 bridgehead atoms. The average molecular weight is 554 g/mol. The van der Waals surface area contributed by atoms with Crippen LogP contribution in [0.3, 0.4) is 0 Å². The summed E-state index contributed by atoms with van der Waals surface area (Å²) >= 11 is 7.54. The van der Waals surface area contributed by atoms with Crippen molar-refractivity contribution in [2.75, 3.05) is 19.0 Å². The van der Waals surface area contributed by atoms with Crippen LogP contribution in [0.4, 0.5) is 5.82 Å². The molecule has 0 spiro atoms. The van der Waals surface area contributed by atoms with Gasteiger partial charge in [-0.3, -0.25) is 4.79 Å². The van der Waals surface area contributed by atoms with Crippen molar-refractivity contribution in [3.63, 3.8) is 0 Å². The van der Waals surface area contributed by atoms with Crippen LogP contribution in [0, 0.1) is 5.92 Å². The molecular formula is C26H40ClN3O4SSi. The second-order valence-corrected chi connectivity index (χ2v) is 17.7. The molecule has 0 aromatic carbocycles. The van der Waals surface area contributed by atoms with Crippen molar-refractivity contribution >= 4 is 42.9 Å². The molecule has 1 aliphatic carbocycles. The minimum atomic E-state index is -2.10. The largest absolute Gasteiger partial charge is 0.413 e. The normalized spacial score (nSPS) is 20.6. The zero-order valence-electron chi connectivity index (χ0n) is 22.4. The van der Waals surface area contributed by atoms with Crippen LogP contribution in [0.5, 0.6) is 0 Å². The zero-order chi connectivity index (χ0) is 26.6. The number of methoxy groups -OCH3 is 1. The van der Waals surface area contributed by atoms with E-state index in [1.807, 2.05) is 0 Å². The number of halogens is 1. The van der Waals surface area contributed by atoms with Crippen LogP contribution in [0.2, 0.25) is 21.0 Å². The fraction of sp³-hybridized carbons (Fsp3) is 0.654. The lowest BCUT2D eigenvalue weighted by Gasteiger charge is -2.45. The van der Waals surface area contributed by atoms with Crippen LogP contribution >= 0.6 is 22.9 Å². The van der Waals surface area contributed by atoms with Gasteiger partial charge in [0, 0.05) is 37.4 Å². The van der Waals surface area contributed by atoms with Crippen LogP contribution in [0.25, 0.3) is 0 Å². The Morgan fingerprint density at radius 1 is 1.22 bits per heavy atom. The first-order chi connectivity index (χ1) is 17.0. The van der Waals surface area contributed by atoms with E-state index in [9.17, 15) is 9.90 Å².